The molecule has 1 aliphatic rings. The zero-order chi connectivity index (χ0) is 7.56. The summed E-state index contributed by atoms with van der Waals surface area (Å²) in [4.78, 5) is 0. The molecular formula is C6H12ClNO2. The molecule has 1 aliphatic heterocycles. The van der Waals surface area contributed by atoms with E-state index in [1.807, 2.05) is 0 Å². The van der Waals surface area contributed by atoms with Gasteiger partial charge in [-0.2, -0.15) is 0 Å². The average Bonchev–Trinajstić information content (AvgIpc) is 1.95. The normalized spacial score (nSPS) is 41.7. The molecule has 0 unspecified atom stereocenters. The van der Waals surface area contributed by atoms with E-state index in [0.29, 0.717) is 6.61 Å². The minimum absolute atomic E-state index is 0.0151. The second-order valence-corrected chi connectivity index (χ2v) is 2.92. The molecule has 0 aliphatic carbocycles. The lowest BCUT2D eigenvalue weighted by molar-refractivity contribution is -0.154. The molecule has 4 heteroatoms. The van der Waals surface area contributed by atoms with Crippen LogP contribution in [-0.4, -0.2) is 31.4 Å². The zero-order valence-corrected chi connectivity index (χ0v) is 6.67. The SMILES string of the molecule is CO[C@@H]1OCC[C@H](Cl)[C@H]1N. The summed E-state index contributed by atoms with van der Waals surface area (Å²) in [5.41, 5.74) is 5.65. The largest absolute Gasteiger partial charge is 0.354 e. The molecule has 0 radical (unpaired) electrons. The first-order valence-corrected chi connectivity index (χ1v) is 3.73. The van der Waals surface area contributed by atoms with Gasteiger partial charge in [0.2, 0.25) is 0 Å². The number of hydrogen-bond acceptors (Lipinski definition) is 3. The Labute approximate surface area is 65.4 Å². The summed E-state index contributed by atoms with van der Waals surface area (Å²) in [7, 11) is 1.57. The van der Waals surface area contributed by atoms with Crippen LogP contribution in [0.1, 0.15) is 6.42 Å². The molecular weight excluding hydrogens is 154 g/mol. The Bertz CT molecular complexity index is 112. The van der Waals surface area contributed by atoms with Gasteiger partial charge in [0, 0.05) is 7.11 Å². The molecule has 3 nitrogen and oxygen atoms in total. The van der Waals surface area contributed by atoms with E-state index in [1.165, 1.54) is 0 Å². The summed E-state index contributed by atoms with van der Waals surface area (Å²) in [5, 5.41) is -0.0151. The highest BCUT2D eigenvalue weighted by Crippen LogP contribution is 2.17. The molecule has 0 amide bonds. The summed E-state index contributed by atoms with van der Waals surface area (Å²) in [6.45, 7) is 0.639. The van der Waals surface area contributed by atoms with Crippen LogP contribution in [0.5, 0.6) is 0 Å². The number of rotatable bonds is 1. The van der Waals surface area contributed by atoms with Gasteiger partial charge in [0.1, 0.15) is 0 Å². The van der Waals surface area contributed by atoms with Crippen LogP contribution in [0.15, 0.2) is 0 Å². The van der Waals surface area contributed by atoms with Crippen LogP contribution in [0.4, 0.5) is 0 Å². The molecule has 0 aromatic heterocycles. The van der Waals surface area contributed by atoms with Crippen LogP contribution in [0.3, 0.4) is 0 Å². The Balaban J connectivity index is 2.42. The highest BCUT2D eigenvalue weighted by Gasteiger charge is 2.29. The quantitative estimate of drug-likeness (QED) is 0.569. The van der Waals surface area contributed by atoms with Crippen molar-refractivity contribution in [1.82, 2.24) is 0 Å². The van der Waals surface area contributed by atoms with E-state index in [4.69, 9.17) is 26.8 Å². The van der Waals surface area contributed by atoms with Crippen molar-refractivity contribution >= 4 is 11.6 Å². The third-order valence-electron chi connectivity index (χ3n) is 1.64. The predicted octanol–water partition coefficient (Wildman–Crippen LogP) is 0.314. The fraction of sp³-hybridized carbons (Fsp3) is 1.00. The van der Waals surface area contributed by atoms with Crippen molar-refractivity contribution in [1.29, 1.82) is 0 Å². The van der Waals surface area contributed by atoms with Crippen molar-refractivity contribution in [2.75, 3.05) is 13.7 Å². The Kier molecular flexibility index (Phi) is 2.92. The molecule has 1 rings (SSSR count). The predicted molar refractivity (Wildman–Crippen MR) is 39.0 cm³/mol. The second-order valence-electron chi connectivity index (χ2n) is 2.36. The van der Waals surface area contributed by atoms with E-state index in [-0.39, 0.29) is 17.7 Å². The first-order chi connectivity index (χ1) is 4.75. The van der Waals surface area contributed by atoms with Crippen molar-refractivity contribution in [2.24, 2.45) is 5.73 Å². The van der Waals surface area contributed by atoms with Gasteiger partial charge in [-0.15, -0.1) is 11.6 Å². The lowest BCUT2D eigenvalue weighted by atomic mass is 10.1. The smallest absolute Gasteiger partial charge is 0.173 e. The third-order valence-corrected chi connectivity index (χ3v) is 2.15. The van der Waals surface area contributed by atoms with Gasteiger partial charge in [0.05, 0.1) is 18.0 Å². The summed E-state index contributed by atoms with van der Waals surface area (Å²) in [6, 6.07) is -0.194. The van der Waals surface area contributed by atoms with Crippen LogP contribution in [0.25, 0.3) is 0 Å². The lowest BCUT2D eigenvalue weighted by Gasteiger charge is -2.31. The third kappa shape index (κ3) is 1.61. The first kappa shape index (κ1) is 8.27. The number of nitrogens with two attached hydrogens (primary N) is 1. The van der Waals surface area contributed by atoms with Gasteiger partial charge < -0.3 is 15.2 Å². The summed E-state index contributed by atoms with van der Waals surface area (Å²) in [5.74, 6) is 0. The first-order valence-electron chi connectivity index (χ1n) is 3.29. The van der Waals surface area contributed by atoms with Crippen LogP contribution >= 0.6 is 11.6 Å². The summed E-state index contributed by atoms with van der Waals surface area (Å²) in [6.07, 6.45) is 0.485. The van der Waals surface area contributed by atoms with Gasteiger partial charge in [0.15, 0.2) is 6.29 Å². The van der Waals surface area contributed by atoms with E-state index >= 15 is 0 Å². The fourth-order valence-electron chi connectivity index (χ4n) is 0.996. The van der Waals surface area contributed by atoms with Crippen LogP contribution < -0.4 is 5.73 Å². The number of methoxy groups -OCH3 is 1. The van der Waals surface area contributed by atoms with E-state index < -0.39 is 0 Å². The molecule has 3 atom stereocenters. The topological polar surface area (TPSA) is 44.5 Å². The van der Waals surface area contributed by atoms with E-state index in [1.54, 1.807) is 7.11 Å². The van der Waals surface area contributed by atoms with Gasteiger partial charge in [-0.25, -0.2) is 0 Å². The molecule has 0 bridgehead atoms. The van der Waals surface area contributed by atoms with Crippen LogP contribution in [0, 0.1) is 0 Å². The number of halogens is 1. The Morgan fingerprint density at radius 1 is 1.70 bits per heavy atom. The number of hydrogen-bond donors (Lipinski definition) is 1. The average molecular weight is 166 g/mol. The van der Waals surface area contributed by atoms with Gasteiger partial charge in [-0.3, -0.25) is 0 Å². The molecule has 1 heterocycles. The maximum Gasteiger partial charge on any atom is 0.173 e. The molecule has 1 fully saturated rings. The minimum atomic E-state index is -0.323. The Morgan fingerprint density at radius 2 is 2.40 bits per heavy atom. The van der Waals surface area contributed by atoms with Gasteiger partial charge in [-0.1, -0.05) is 0 Å². The van der Waals surface area contributed by atoms with E-state index in [0.717, 1.165) is 6.42 Å². The summed E-state index contributed by atoms with van der Waals surface area (Å²) < 4.78 is 10.1. The molecule has 60 valence electrons. The molecule has 0 aromatic rings. The Hall–Kier alpha value is 0.170. The standard InChI is InChI=1S/C6H12ClNO2/c1-9-6-5(8)4(7)2-3-10-6/h4-6H,2-3,8H2,1H3/t4-,5+,6+/m0/s1. The van der Waals surface area contributed by atoms with Gasteiger partial charge in [-0.05, 0) is 6.42 Å². The number of alkyl halides is 1. The molecule has 0 saturated carbocycles. The van der Waals surface area contributed by atoms with Gasteiger partial charge >= 0.3 is 0 Å². The molecule has 2 N–H and O–H groups in total. The Morgan fingerprint density at radius 3 is 2.90 bits per heavy atom. The van der Waals surface area contributed by atoms with Gasteiger partial charge in [0.25, 0.3) is 0 Å². The fourth-order valence-corrected chi connectivity index (χ4v) is 1.20. The lowest BCUT2D eigenvalue weighted by Crippen LogP contribution is -2.48. The van der Waals surface area contributed by atoms with Crippen molar-refractivity contribution in [3.63, 3.8) is 0 Å². The van der Waals surface area contributed by atoms with Crippen LogP contribution in [-0.2, 0) is 9.47 Å². The van der Waals surface area contributed by atoms with Crippen molar-refractivity contribution < 1.29 is 9.47 Å². The number of ether oxygens (including phenoxy) is 2. The molecule has 1 saturated heterocycles. The van der Waals surface area contributed by atoms with E-state index in [9.17, 15) is 0 Å². The second kappa shape index (κ2) is 3.53. The highest BCUT2D eigenvalue weighted by atomic mass is 35.5. The maximum absolute atomic E-state index is 5.86. The van der Waals surface area contributed by atoms with Crippen molar-refractivity contribution in [3.8, 4) is 0 Å². The summed E-state index contributed by atoms with van der Waals surface area (Å²) >= 11 is 5.86. The van der Waals surface area contributed by atoms with E-state index in [2.05, 4.69) is 0 Å². The van der Waals surface area contributed by atoms with Crippen molar-refractivity contribution in [3.05, 3.63) is 0 Å². The molecule has 0 spiro atoms. The molecule has 0 aromatic carbocycles. The van der Waals surface area contributed by atoms with Crippen molar-refractivity contribution in [2.45, 2.75) is 24.1 Å². The zero-order valence-electron chi connectivity index (χ0n) is 5.92. The molecule has 10 heavy (non-hydrogen) atoms. The van der Waals surface area contributed by atoms with Crippen LogP contribution in [0.2, 0.25) is 0 Å². The minimum Gasteiger partial charge on any atom is -0.354 e. The monoisotopic (exact) mass is 165 g/mol. The maximum atomic E-state index is 5.86. The highest BCUT2D eigenvalue weighted by molar-refractivity contribution is 6.21.